The summed E-state index contributed by atoms with van der Waals surface area (Å²) in [5.74, 6) is -1.27. The van der Waals surface area contributed by atoms with Crippen LogP contribution in [0.1, 0.15) is 71.1 Å². The standard InChI is InChI=1S/C14H29NO2.Na/c1-2-3-4-5-6-7-8-9-10-13(11-12-15)14(16)17;/h13H,2-12,15H2,1H3,(H,16,17);/q;+1/p-1. The van der Waals surface area contributed by atoms with Crippen LogP contribution in [0.3, 0.4) is 0 Å². The maximum atomic E-state index is 10.8. The molecule has 0 bridgehead atoms. The van der Waals surface area contributed by atoms with Gasteiger partial charge in [-0.15, -0.1) is 0 Å². The van der Waals surface area contributed by atoms with Gasteiger partial charge in [0.15, 0.2) is 0 Å². The first-order valence-corrected chi connectivity index (χ1v) is 7.13. The number of rotatable bonds is 12. The number of carbonyl (C=O) groups is 1. The molecule has 4 heteroatoms. The van der Waals surface area contributed by atoms with Crippen molar-refractivity contribution in [2.45, 2.75) is 71.1 Å². The first-order valence-electron chi connectivity index (χ1n) is 7.13. The van der Waals surface area contributed by atoms with Crippen LogP contribution in [0.5, 0.6) is 0 Å². The molecule has 2 N–H and O–H groups in total. The Hall–Kier alpha value is 0.430. The Bertz CT molecular complexity index is 189. The maximum absolute atomic E-state index is 10.8. The van der Waals surface area contributed by atoms with Crippen LogP contribution < -0.4 is 40.4 Å². The van der Waals surface area contributed by atoms with Gasteiger partial charge in [-0.2, -0.15) is 0 Å². The molecule has 3 nitrogen and oxygen atoms in total. The molecule has 18 heavy (non-hydrogen) atoms. The monoisotopic (exact) mass is 265 g/mol. The van der Waals surface area contributed by atoms with Crippen molar-refractivity contribution in [2.24, 2.45) is 11.7 Å². The molecule has 102 valence electrons. The molecule has 0 amide bonds. The normalized spacial score (nSPS) is 11.9. The van der Waals surface area contributed by atoms with Gasteiger partial charge >= 0.3 is 29.6 Å². The molecule has 0 heterocycles. The number of carboxylic acids is 1. The minimum Gasteiger partial charge on any atom is -0.550 e. The van der Waals surface area contributed by atoms with E-state index < -0.39 is 5.97 Å². The van der Waals surface area contributed by atoms with Crippen LogP contribution >= 0.6 is 0 Å². The number of unbranched alkanes of at least 4 members (excludes halogenated alkanes) is 7. The largest absolute Gasteiger partial charge is 1.00 e. The van der Waals surface area contributed by atoms with Gasteiger partial charge in [-0.1, -0.05) is 58.3 Å². The Labute approximate surface area is 134 Å². The summed E-state index contributed by atoms with van der Waals surface area (Å²) < 4.78 is 0. The Balaban J connectivity index is 0. The van der Waals surface area contributed by atoms with Gasteiger partial charge in [0, 0.05) is 5.97 Å². The van der Waals surface area contributed by atoms with Gasteiger partial charge in [-0.3, -0.25) is 0 Å². The van der Waals surface area contributed by atoms with Gasteiger partial charge in [0.1, 0.15) is 0 Å². The SMILES string of the molecule is CCCCCCCCCCC(CCN)C(=O)[O-].[Na+]. The predicted octanol–water partition coefficient (Wildman–Crippen LogP) is -0.764. The number of carbonyl (C=O) groups excluding carboxylic acids is 1. The van der Waals surface area contributed by atoms with E-state index in [1.165, 1.54) is 38.5 Å². The number of carboxylic acid groups (broad SMARTS) is 1. The van der Waals surface area contributed by atoms with Crippen LogP contribution in [0, 0.1) is 5.92 Å². The van der Waals surface area contributed by atoms with Gasteiger partial charge in [0.25, 0.3) is 0 Å². The summed E-state index contributed by atoms with van der Waals surface area (Å²) in [5.41, 5.74) is 5.37. The third-order valence-electron chi connectivity index (χ3n) is 3.25. The molecule has 0 aromatic rings. The molecule has 1 atom stereocenters. The van der Waals surface area contributed by atoms with E-state index in [2.05, 4.69) is 6.92 Å². The number of nitrogens with two attached hydrogens (primary N) is 1. The van der Waals surface area contributed by atoms with Crippen molar-refractivity contribution in [3.05, 3.63) is 0 Å². The summed E-state index contributed by atoms with van der Waals surface area (Å²) in [4.78, 5) is 10.8. The fourth-order valence-corrected chi connectivity index (χ4v) is 2.11. The van der Waals surface area contributed by atoms with Crippen molar-refractivity contribution >= 4 is 5.97 Å². The van der Waals surface area contributed by atoms with Crippen LogP contribution in [0.2, 0.25) is 0 Å². The quantitative estimate of drug-likeness (QED) is 0.372. The zero-order chi connectivity index (χ0) is 12.9. The van der Waals surface area contributed by atoms with Crippen LogP contribution in [-0.4, -0.2) is 12.5 Å². The smallest absolute Gasteiger partial charge is 0.550 e. The van der Waals surface area contributed by atoms with Crippen LogP contribution in [0.25, 0.3) is 0 Å². The Morgan fingerprint density at radius 2 is 1.50 bits per heavy atom. The first kappa shape index (κ1) is 20.7. The number of hydrogen-bond donors (Lipinski definition) is 1. The van der Waals surface area contributed by atoms with E-state index in [1.54, 1.807) is 0 Å². The summed E-state index contributed by atoms with van der Waals surface area (Å²) in [5, 5.41) is 10.8. The van der Waals surface area contributed by atoms with E-state index in [0.29, 0.717) is 13.0 Å². The number of aliphatic carboxylic acids is 1. The van der Waals surface area contributed by atoms with Crippen molar-refractivity contribution < 1.29 is 39.5 Å². The van der Waals surface area contributed by atoms with Crippen molar-refractivity contribution in [3.8, 4) is 0 Å². The molecule has 1 unspecified atom stereocenters. The van der Waals surface area contributed by atoms with Crippen LogP contribution in [0.4, 0.5) is 0 Å². The molecule has 0 aliphatic rings. The molecule has 0 rings (SSSR count). The summed E-state index contributed by atoms with van der Waals surface area (Å²) in [7, 11) is 0. The topological polar surface area (TPSA) is 66.2 Å². The molecule has 0 saturated heterocycles. The third-order valence-corrected chi connectivity index (χ3v) is 3.25. The summed E-state index contributed by atoms with van der Waals surface area (Å²) in [6.07, 6.45) is 11.2. The van der Waals surface area contributed by atoms with E-state index in [4.69, 9.17) is 5.73 Å². The van der Waals surface area contributed by atoms with Crippen LogP contribution in [0.15, 0.2) is 0 Å². The van der Waals surface area contributed by atoms with E-state index >= 15 is 0 Å². The zero-order valence-corrected chi connectivity index (χ0v) is 14.2. The fraction of sp³-hybridized carbons (Fsp3) is 0.929. The third kappa shape index (κ3) is 12.9. The van der Waals surface area contributed by atoms with Gasteiger partial charge in [0.05, 0.1) is 0 Å². The Morgan fingerprint density at radius 3 is 1.94 bits per heavy atom. The Morgan fingerprint density at radius 1 is 1.00 bits per heavy atom. The molecule has 0 saturated carbocycles. The minimum absolute atomic E-state index is 0. The average Bonchev–Trinajstić information content (AvgIpc) is 2.31. The van der Waals surface area contributed by atoms with Crippen molar-refractivity contribution in [3.63, 3.8) is 0 Å². The second kappa shape index (κ2) is 15.5. The van der Waals surface area contributed by atoms with E-state index in [9.17, 15) is 9.90 Å². The average molecular weight is 265 g/mol. The maximum Gasteiger partial charge on any atom is 1.00 e. The molecular formula is C14H28NNaO2. The van der Waals surface area contributed by atoms with Gasteiger partial charge in [0.2, 0.25) is 0 Å². The minimum atomic E-state index is -0.932. The molecule has 0 radical (unpaired) electrons. The summed E-state index contributed by atoms with van der Waals surface area (Å²) in [6, 6.07) is 0. The van der Waals surface area contributed by atoms with Gasteiger partial charge < -0.3 is 15.6 Å². The van der Waals surface area contributed by atoms with E-state index in [1.807, 2.05) is 0 Å². The first-order chi connectivity index (χ1) is 8.22. The van der Waals surface area contributed by atoms with Crippen molar-refractivity contribution in [1.82, 2.24) is 0 Å². The second-order valence-electron chi connectivity index (χ2n) is 4.86. The molecule has 0 aliphatic carbocycles. The molecule has 0 spiro atoms. The van der Waals surface area contributed by atoms with Crippen LogP contribution in [-0.2, 0) is 4.79 Å². The Kier molecular flexibility index (Phi) is 17.8. The molecule has 0 aromatic heterocycles. The van der Waals surface area contributed by atoms with Crippen molar-refractivity contribution in [1.29, 1.82) is 0 Å². The molecule has 0 fully saturated rings. The summed E-state index contributed by atoms with van der Waals surface area (Å²) in [6.45, 7) is 2.66. The fourth-order valence-electron chi connectivity index (χ4n) is 2.11. The predicted molar refractivity (Wildman–Crippen MR) is 69.4 cm³/mol. The molecular weight excluding hydrogens is 237 g/mol. The number of hydrogen-bond acceptors (Lipinski definition) is 3. The van der Waals surface area contributed by atoms with Gasteiger partial charge in [-0.25, -0.2) is 0 Å². The van der Waals surface area contributed by atoms with Gasteiger partial charge in [-0.05, 0) is 25.3 Å². The molecule has 0 aromatic carbocycles. The molecule has 0 aliphatic heterocycles. The zero-order valence-electron chi connectivity index (χ0n) is 12.2. The van der Waals surface area contributed by atoms with E-state index in [0.717, 1.165) is 19.3 Å². The second-order valence-corrected chi connectivity index (χ2v) is 4.86. The van der Waals surface area contributed by atoms with E-state index in [-0.39, 0.29) is 35.5 Å². The van der Waals surface area contributed by atoms with Crippen molar-refractivity contribution in [2.75, 3.05) is 6.54 Å². The summed E-state index contributed by atoms with van der Waals surface area (Å²) >= 11 is 0.